The van der Waals surface area contributed by atoms with Crippen molar-refractivity contribution in [1.29, 1.82) is 0 Å². The number of rotatable bonds is 4. The summed E-state index contributed by atoms with van der Waals surface area (Å²) in [4.78, 5) is 18.7. The van der Waals surface area contributed by atoms with Crippen LogP contribution in [0.2, 0.25) is 0 Å². The van der Waals surface area contributed by atoms with Crippen molar-refractivity contribution in [3.63, 3.8) is 0 Å². The van der Waals surface area contributed by atoms with Gasteiger partial charge in [-0.2, -0.15) is 0 Å². The first-order chi connectivity index (χ1) is 11.6. The molecule has 0 saturated carbocycles. The molecule has 6 heteroatoms. The van der Waals surface area contributed by atoms with Crippen molar-refractivity contribution in [2.24, 2.45) is 11.7 Å². The van der Waals surface area contributed by atoms with E-state index < -0.39 is 0 Å². The van der Waals surface area contributed by atoms with Gasteiger partial charge in [-0.15, -0.1) is 0 Å². The summed E-state index contributed by atoms with van der Waals surface area (Å²) >= 11 is 0. The van der Waals surface area contributed by atoms with Crippen molar-refractivity contribution in [1.82, 2.24) is 9.80 Å². The molecular weight excluding hydrogens is 307 g/mol. The lowest BCUT2D eigenvalue weighted by Gasteiger charge is -2.35. The summed E-state index contributed by atoms with van der Waals surface area (Å²) in [6, 6.07) is 4.89. The number of nitrogens with zero attached hydrogens (tertiary/aromatic N) is 3. The number of piperazine rings is 1. The molecule has 2 N–H and O–H groups in total. The van der Waals surface area contributed by atoms with Crippen molar-refractivity contribution < 1.29 is 9.18 Å². The van der Waals surface area contributed by atoms with E-state index in [9.17, 15) is 9.18 Å². The lowest BCUT2D eigenvalue weighted by atomic mass is 10.1. The number of hydrogen-bond acceptors (Lipinski definition) is 4. The second kappa shape index (κ2) is 7.49. The zero-order valence-electron chi connectivity index (χ0n) is 14.4. The lowest BCUT2D eigenvalue weighted by molar-refractivity contribution is 0.0787. The van der Waals surface area contributed by atoms with E-state index in [4.69, 9.17) is 5.73 Å². The highest BCUT2D eigenvalue weighted by molar-refractivity contribution is 5.94. The zero-order valence-corrected chi connectivity index (χ0v) is 14.4. The molecule has 0 aromatic heterocycles. The van der Waals surface area contributed by atoms with E-state index in [1.54, 1.807) is 17.0 Å². The van der Waals surface area contributed by atoms with Crippen LogP contribution in [0.1, 0.15) is 23.7 Å². The molecule has 0 radical (unpaired) electrons. The van der Waals surface area contributed by atoms with E-state index in [0.717, 1.165) is 39.1 Å². The fourth-order valence-corrected chi connectivity index (χ4v) is 3.59. The molecule has 1 aromatic carbocycles. The SMILES string of the molecule is CCN1CCN(c2ccc(C(=O)N3CC[C@H](CN)C3)cc2F)CC1. The Labute approximate surface area is 143 Å². The van der Waals surface area contributed by atoms with Crippen LogP contribution in [0.15, 0.2) is 18.2 Å². The predicted molar refractivity (Wildman–Crippen MR) is 93.8 cm³/mol. The molecule has 132 valence electrons. The number of benzene rings is 1. The topological polar surface area (TPSA) is 52.8 Å². The Morgan fingerprint density at radius 1 is 1.25 bits per heavy atom. The number of likely N-dealkylation sites (tertiary alicyclic amines) is 1. The number of amides is 1. The maximum atomic E-state index is 14.6. The van der Waals surface area contributed by atoms with Crippen molar-refractivity contribution in [3.05, 3.63) is 29.6 Å². The number of nitrogens with two attached hydrogens (primary N) is 1. The van der Waals surface area contributed by atoms with E-state index in [-0.39, 0.29) is 11.7 Å². The molecule has 1 aromatic rings. The van der Waals surface area contributed by atoms with Crippen LogP contribution in [0.4, 0.5) is 10.1 Å². The third-order valence-electron chi connectivity index (χ3n) is 5.26. The van der Waals surface area contributed by atoms with E-state index in [1.807, 2.05) is 0 Å². The van der Waals surface area contributed by atoms with E-state index in [2.05, 4.69) is 16.7 Å². The van der Waals surface area contributed by atoms with Crippen LogP contribution >= 0.6 is 0 Å². The molecule has 0 unspecified atom stereocenters. The minimum absolute atomic E-state index is 0.0906. The molecule has 0 bridgehead atoms. The van der Waals surface area contributed by atoms with Gasteiger partial charge in [0.1, 0.15) is 5.82 Å². The molecule has 5 nitrogen and oxygen atoms in total. The number of carbonyl (C=O) groups excluding carboxylic acids is 1. The van der Waals surface area contributed by atoms with Crippen LogP contribution in [-0.4, -0.2) is 68.1 Å². The molecule has 2 fully saturated rings. The number of anilines is 1. The number of carbonyl (C=O) groups is 1. The molecule has 1 atom stereocenters. The predicted octanol–water partition coefficient (Wildman–Crippen LogP) is 1.39. The summed E-state index contributed by atoms with van der Waals surface area (Å²) < 4.78 is 14.6. The molecule has 1 amide bonds. The molecule has 2 aliphatic heterocycles. The summed E-state index contributed by atoms with van der Waals surface area (Å²) in [6.07, 6.45) is 0.935. The molecule has 0 aliphatic carbocycles. The Balaban J connectivity index is 1.67. The van der Waals surface area contributed by atoms with E-state index >= 15 is 0 Å². The van der Waals surface area contributed by atoms with Gasteiger partial charge in [-0.1, -0.05) is 6.92 Å². The van der Waals surface area contributed by atoms with Gasteiger partial charge in [0.25, 0.3) is 5.91 Å². The highest BCUT2D eigenvalue weighted by Crippen LogP contribution is 2.24. The first-order valence-electron chi connectivity index (χ1n) is 8.88. The second-order valence-electron chi connectivity index (χ2n) is 6.73. The summed E-state index contributed by atoms with van der Waals surface area (Å²) in [5, 5.41) is 0. The molecule has 2 saturated heterocycles. The summed E-state index contributed by atoms with van der Waals surface area (Å²) in [7, 11) is 0. The van der Waals surface area contributed by atoms with Gasteiger partial charge in [-0.3, -0.25) is 4.79 Å². The first kappa shape index (κ1) is 17.2. The standard InChI is InChI=1S/C18H27FN4O/c1-2-21-7-9-22(10-8-21)17-4-3-15(11-16(17)19)18(24)23-6-5-14(12-20)13-23/h3-4,11,14H,2,5-10,12-13,20H2,1H3/t14-/m1/s1. The maximum absolute atomic E-state index is 14.6. The van der Waals surface area contributed by atoms with Crippen molar-refractivity contribution >= 4 is 11.6 Å². The van der Waals surface area contributed by atoms with Gasteiger partial charge in [0.2, 0.25) is 0 Å². The van der Waals surface area contributed by atoms with Gasteiger partial charge in [0.05, 0.1) is 5.69 Å². The Morgan fingerprint density at radius 2 is 2.00 bits per heavy atom. The third-order valence-corrected chi connectivity index (χ3v) is 5.26. The monoisotopic (exact) mass is 334 g/mol. The third kappa shape index (κ3) is 3.54. The Hall–Kier alpha value is -1.66. The summed E-state index contributed by atoms with van der Waals surface area (Å²) in [6.45, 7) is 8.70. The van der Waals surface area contributed by atoms with Crippen LogP contribution in [0, 0.1) is 11.7 Å². The van der Waals surface area contributed by atoms with E-state index in [1.165, 1.54) is 6.07 Å². The minimum atomic E-state index is -0.305. The molecule has 2 aliphatic rings. The average Bonchev–Trinajstić information content (AvgIpc) is 3.10. The quantitative estimate of drug-likeness (QED) is 0.904. The highest BCUT2D eigenvalue weighted by atomic mass is 19.1. The van der Waals surface area contributed by atoms with Crippen molar-refractivity contribution in [3.8, 4) is 0 Å². The average molecular weight is 334 g/mol. The van der Waals surface area contributed by atoms with Gasteiger partial charge in [-0.25, -0.2) is 4.39 Å². The zero-order chi connectivity index (χ0) is 17.1. The second-order valence-corrected chi connectivity index (χ2v) is 6.73. The summed E-state index contributed by atoms with van der Waals surface area (Å²) in [5.41, 5.74) is 6.71. The van der Waals surface area contributed by atoms with Crippen LogP contribution in [0.5, 0.6) is 0 Å². The fraction of sp³-hybridized carbons (Fsp3) is 0.611. The Bertz CT molecular complexity index is 586. The maximum Gasteiger partial charge on any atom is 0.253 e. The number of halogens is 1. The highest BCUT2D eigenvalue weighted by Gasteiger charge is 2.27. The fourth-order valence-electron chi connectivity index (χ4n) is 3.59. The number of hydrogen-bond donors (Lipinski definition) is 1. The van der Waals surface area contributed by atoms with Gasteiger partial charge >= 0.3 is 0 Å². The summed E-state index contributed by atoms with van der Waals surface area (Å²) in [5.74, 6) is -0.0273. The molecule has 2 heterocycles. The smallest absolute Gasteiger partial charge is 0.253 e. The van der Waals surface area contributed by atoms with Crippen LogP contribution in [0.3, 0.4) is 0 Å². The molecular formula is C18H27FN4O. The Morgan fingerprint density at radius 3 is 2.58 bits per heavy atom. The van der Waals surface area contributed by atoms with E-state index in [0.29, 0.717) is 36.8 Å². The van der Waals surface area contributed by atoms with Crippen LogP contribution in [-0.2, 0) is 0 Å². The van der Waals surface area contributed by atoms with Crippen molar-refractivity contribution in [2.45, 2.75) is 13.3 Å². The van der Waals surface area contributed by atoms with Crippen molar-refractivity contribution in [2.75, 3.05) is 57.3 Å². The largest absolute Gasteiger partial charge is 0.367 e. The Kier molecular flexibility index (Phi) is 5.36. The van der Waals surface area contributed by atoms with Gasteiger partial charge in [0.15, 0.2) is 0 Å². The molecule has 3 rings (SSSR count). The first-order valence-corrected chi connectivity index (χ1v) is 8.88. The van der Waals surface area contributed by atoms with Gasteiger partial charge < -0.3 is 20.4 Å². The van der Waals surface area contributed by atoms with Gasteiger partial charge in [0, 0.05) is 44.8 Å². The minimum Gasteiger partial charge on any atom is -0.367 e. The molecule has 0 spiro atoms. The molecule has 24 heavy (non-hydrogen) atoms. The van der Waals surface area contributed by atoms with Crippen LogP contribution < -0.4 is 10.6 Å². The lowest BCUT2D eigenvalue weighted by Crippen LogP contribution is -2.46. The number of likely N-dealkylation sites (N-methyl/N-ethyl adjacent to an activating group) is 1. The van der Waals surface area contributed by atoms with Gasteiger partial charge in [-0.05, 0) is 43.6 Å². The van der Waals surface area contributed by atoms with Crippen LogP contribution in [0.25, 0.3) is 0 Å². The normalized spacial score (nSPS) is 22.2.